The highest BCUT2D eigenvalue weighted by Gasteiger charge is 2.45. The van der Waals surface area contributed by atoms with Crippen molar-refractivity contribution in [2.45, 2.75) is 45.2 Å². The first-order valence-corrected chi connectivity index (χ1v) is 6.28. The van der Waals surface area contributed by atoms with Crippen molar-refractivity contribution in [3.05, 3.63) is 0 Å². The van der Waals surface area contributed by atoms with Crippen LogP contribution < -0.4 is 0 Å². The molecular weight excluding hydrogens is 263 g/mol. The van der Waals surface area contributed by atoms with Gasteiger partial charge in [-0.3, -0.25) is 9.59 Å². The van der Waals surface area contributed by atoms with Crippen molar-refractivity contribution in [2.24, 2.45) is 5.41 Å². The summed E-state index contributed by atoms with van der Waals surface area (Å²) in [4.78, 5) is 23.3. The summed E-state index contributed by atoms with van der Waals surface area (Å²) in [5, 5.41) is 8.67. The van der Waals surface area contributed by atoms with Crippen LogP contribution in [0, 0.1) is 5.41 Å². The minimum atomic E-state index is -4.58. The van der Waals surface area contributed by atoms with E-state index in [4.69, 9.17) is 5.11 Å². The van der Waals surface area contributed by atoms with Crippen molar-refractivity contribution in [2.75, 3.05) is 13.1 Å². The Hall–Kier alpha value is -1.27. The van der Waals surface area contributed by atoms with Crippen molar-refractivity contribution in [1.29, 1.82) is 0 Å². The number of hydrogen-bond acceptors (Lipinski definition) is 2. The Morgan fingerprint density at radius 1 is 1.26 bits per heavy atom. The van der Waals surface area contributed by atoms with Gasteiger partial charge in [-0.05, 0) is 19.3 Å². The van der Waals surface area contributed by atoms with Gasteiger partial charge in [0.25, 0.3) is 0 Å². The predicted octanol–water partition coefficient (Wildman–Crippen LogP) is 2.43. The molecule has 1 rings (SSSR count). The fourth-order valence-electron chi connectivity index (χ4n) is 2.69. The van der Waals surface area contributed by atoms with E-state index < -0.39 is 36.6 Å². The van der Waals surface area contributed by atoms with Gasteiger partial charge >= 0.3 is 12.1 Å². The van der Waals surface area contributed by atoms with Gasteiger partial charge < -0.3 is 10.0 Å². The zero-order valence-corrected chi connectivity index (χ0v) is 10.8. The SMILES string of the molecule is CCC1(C(=O)N(CC(=O)O)CC(F)(F)F)CCCC1. The normalized spacial score (nSPS) is 18.3. The average Bonchev–Trinajstić information content (AvgIpc) is 2.74. The third-order valence-corrected chi connectivity index (χ3v) is 3.67. The lowest BCUT2D eigenvalue weighted by atomic mass is 9.82. The predicted molar refractivity (Wildman–Crippen MR) is 61.5 cm³/mol. The molecule has 1 N–H and O–H groups in total. The molecule has 19 heavy (non-hydrogen) atoms. The molecular formula is C12H18F3NO3. The number of carboxylic acid groups (broad SMARTS) is 1. The van der Waals surface area contributed by atoms with E-state index in [1.807, 2.05) is 0 Å². The monoisotopic (exact) mass is 281 g/mol. The Morgan fingerprint density at radius 2 is 1.79 bits per heavy atom. The van der Waals surface area contributed by atoms with Crippen LogP contribution >= 0.6 is 0 Å². The number of hydrogen-bond donors (Lipinski definition) is 1. The Kier molecular flexibility index (Phi) is 4.81. The highest BCUT2D eigenvalue weighted by atomic mass is 19.4. The van der Waals surface area contributed by atoms with Crippen LogP contribution in [-0.4, -0.2) is 41.1 Å². The molecule has 1 amide bonds. The summed E-state index contributed by atoms with van der Waals surface area (Å²) in [6, 6.07) is 0. The topological polar surface area (TPSA) is 57.6 Å². The molecule has 7 heteroatoms. The molecule has 0 aromatic heterocycles. The van der Waals surface area contributed by atoms with Crippen LogP contribution in [0.25, 0.3) is 0 Å². The molecule has 4 nitrogen and oxygen atoms in total. The number of alkyl halides is 3. The van der Waals surface area contributed by atoms with Crippen molar-refractivity contribution in [3.63, 3.8) is 0 Å². The van der Waals surface area contributed by atoms with Crippen LogP contribution in [0.2, 0.25) is 0 Å². The lowest BCUT2D eigenvalue weighted by Gasteiger charge is -2.33. The largest absolute Gasteiger partial charge is 0.480 e. The maximum atomic E-state index is 12.4. The third kappa shape index (κ3) is 4.11. The first-order valence-electron chi connectivity index (χ1n) is 6.28. The molecule has 0 bridgehead atoms. The maximum Gasteiger partial charge on any atom is 0.406 e. The second-order valence-electron chi connectivity index (χ2n) is 5.01. The van der Waals surface area contributed by atoms with E-state index in [0.29, 0.717) is 24.2 Å². The summed E-state index contributed by atoms with van der Waals surface area (Å²) >= 11 is 0. The van der Waals surface area contributed by atoms with E-state index in [-0.39, 0.29) is 0 Å². The van der Waals surface area contributed by atoms with Gasteiger partial charge in [-0.1, -0.05) is 19.8 Å². The second kappa shape index (κ2) is 5.79. The number of rotatable bonds is 5. The van der Waals surface area contributed by atoms with E-state index in [1.54, 1.807) is 6.92 Å². The van der Waals surface area contributed by atoms with Crippen molar-refractivity contribution >= 4 is 11.9 Å². The fraction of sp³-hybridized carbons (Fsp3) is 0.833. The van der Waals surface area contributed by atoms with Crippen LogP contribution in [0.4, 0.5) is 13.2 Å². The summed E-state index contributed by atoms with van der Waals surface area (Å²) in [6.45, 7) is -0.643. The van der Waals surface area contributed by atoms with Gasteiger partial charge in [-0.15, -0.1) is 0 Å². The maximum absolute atomic E-state index is 12.4. The van der Waals surface area contributed by atoms with Crippen LogP contribution in [0.3, 0.4) is 0 Å². The van der Waals surface area contributed by atoms with Crippen molar-refractivity contribution in [1.82, 2.24) is 4.90 Å². The molecule has 0 spiro atoms. The Balaban J connectivity index is 2.89. The van der Waals surface area contributed by atoms with E-state index in [0.717, 1.165) is 12.8 Å². The standard InChI is InChI=1S/C12H18F3NO3/c1-2-11(5-3-4-6-11)10(19)16(7-9(17)18)8-12(13,14)15/h2-8H2,1H3,(H,17,18). The first-order chi connectivity index (χ1) is 8.70. The van der Waals surface area contributed by atoms with Gasteiger partial charge in [0.05, 0.1) is 0 Å². The first kappa shape index (κ1) is 15.8. The number of amides is 1. The highest BCUT2D eigenvalue weighted by molar-refractivity contribution is 5.86. The molecule has 1 aliphatic carbocycles. The second-order valence-corrected chi connectivity index (χ2v) is 5.01. The third-order valence-electron chi connectivity index (χ3n) is 3.67. The van der Waals surface area contributed by atoms with Crippen LogP contribution in [-0.2, 0) is 9.59 Å². The molecule has 0 aromatic carbocycles. The van der Waals surface area contributed by atoms with E-state index in [1.165, 1.54) is 0 Å². The number of halogens is 3. The van der Waals surface area contributed by atoms with E-state index >= 15 is 0 Å². The molecule has 0 atom stereocenters. The molecule has 0 unspecified atom stereocenters. The Labute approximate surface area is 109 Å². The molecule has 1 aliphatic rings. The van der Waals surface area contributed by atoms with E-state index in [2.05, 4.69) is 0 Å². The zero-order chi connectivity index (χ0) is 14.7. The van der Waals surface area contributed by atoms with E-state index in [9.17, 15) is 22.8 Å². The average molecular weight is 281 g/mol. The number of aliphatic carboxylic acids is 1. The summed E-state index contributed by atoms with van der Waals surface area (Å²) in [7, 11) is 0. The minimum absolute atomic E-state index is 0.428. The lowest BCUT2D eigenvalue weighted by Crippen LogP contribution is -2.48. The van der Waals surface area contributed by atoms with Crippen LogP contribution in [0.1, 0.15) is 39.0 Å². The molecule has 1 fully saturated rings. The van der Waals surface area contributed by atoms with Gasteiger partial charge in [-0.25, -0.2) is 0 Å². The summed E-state index contributed by atoms with van der Waals surface area (Å²) in [5.41, 5.74) is -0.805. The lowest BCUT2D eigenvalue weighted by molar-refractivity contribution is -0.171. The molecule has 110 valence electrons. The fourth-order valence-corrected chi connectivity index (χ4v) is 2.69. The van der Waals surface area contributed by atoms with Gasteiger partial charge in [0.2, 0.25) is 5.91 Å². The van der Waals surface area contributed by atoms with Crippen molar-refractivity contribution < 1.29 is 27.9 Å². The van der Waals surface area contributed by atoms with Gasteiger partial charge in [0.1, 0.15) is 13.1 Å². The molecule has 0 saturated heterocycles. The van der Waals surface area contributed by atoms with Gasteiger partial charge in [0.15, 0.2) is 0 Å². The molecule has 0 aliphatic heterocycles. The summed E-state index contributed by atoms with van der Waals surface area (Å²) in [5.74, 6) is -2.10. The number of carboxylic acids is 1. The molecule has 0 radical (unpaired) electrons. The zero-order valence-electron chi connectivity index (χ0n) is 10.8. The molecule has 1 saturated carbocycles. The number of carbonyl (C=O) groups is 2. The summed E-state index contributed by atoms with van der Waals surface area (Å²) < 4.78 is 37.3. The summed E-state index contributed by atoms with van der Waals surface area (Å²) in [6.07, 6.45) is -1.47. The number of nitrogens with zero attached hydrogens (tertiary/aromatic N) is 1. The minimum Gasteiger partial charge on any atom is -0.480 e. The number of carbonyl (C=O) groups excluding carboxylic acids is 1. The highest BCUT2D eigenvalue weighted by Crippen LogP contribution is 2.42. The Morgan fingerprint density at radius 3 is 2.16 bits per heavy atom. The Bertz CT molecular complexity index is 349. The van der Waals surface area contributed by atoms with Crippen molar-refractivity contribution in [3.8, 4) is 0 Å². The van der Waals surface area contributed by atoms with Crippen LogP contribution in [0.5, 0.6) is 0 Å². The van der Waals surface area contributed by atoms with Gasteiger partial charge in [0, 0.05) is 5.41 Å². The molecule has 0 heterocycles. The van der Waals surface area contributed by atoms with Gasteiger partial charge in [-0.2, -0.15) is 13.2 Å². The quantitative estimate of drug-likeness (QED) is 0.842. The van der Waals surface area contributed by atoms with Crippen LogP contribution in [0.15, 0.2) is 0 Å². The molecule has 0 aromatic rings. The smallest absolute Gasteiger partial charge is 0.406 e.